The molecule has 156 valence electrons. The molecule has 0 spiro atoms. The van der Waals surface area contributed by atoms with Crippen molar-refractivity contribution in [1.82, 2.24) is 0 Å². The van der Waals surface area contributed by atoms with Crippen LogP contribution in [0.5, 0.6) is 17.2 Å². The van der Waals surface area contributed by atoms with E-state index in [-0.39, 0.29) is 5.75 Å². The summed E-state index contributed by atoms with van der Waals surface area (Å²) in [4.78, 5) is 0. The fourth-order valence-corrected chi connectivity index (χ4v) is 3.87. The predicted octanol–water partition coefficient (Wildman–Crippen LogP) is 7.62. The average Bonchev–Trinajstić information content (AvgIpc) is 2.80. The number of aromatic hydroxyl groups is 1. The van der Waals surface area contributed by atoms with Crippen molar-refractivity contribution in [2.45, 2.75) is 6.61 Å². The van der Waals surface area contributed by atoms with Crippen LogP contribution >= 0.6 is 23.2 Å². The predicted molar refractivity (Wildman–Crippen MR) is 126 cm³/mol. The van der Waals surface area contributed by atoms with Crippen molar-refractivity contribution in [3.63, 3.8) is 0 Å². The van der Waals surface area contributed by atoms with E-state index in [4.69, 9.17) is 32.7 Å². The fraction of sp³-hybridized carbons (Fsp3) is 0.0769. The Labute approximate surface area is 191 Å². The van der Waals surface area contributed by atoms with E-state index in [1.165, 1.54) is 0 Å². The Kier molecular flexibility index (Phi) is 6.36. The second-order valence-corrected chi connectivity index (χ2v) is 7.81. The number of hydrogen-bond donors (Lipinski definition) is 1. The number of ether oxygens (including phenoxy) is 2. The standard InChI is InChI=1S/C26H20Cl2O3/c1-30-26-13-19(9-12-25(26)31-16-17-5-3-2-4-6-17)22-15-23(27)21(14-24(22)28)18-7-10-20(29)11-8-18/h2-15,29H,16H2,1H3. The molecule has 3 nitrogen and oxygen atoms in total. The van der Waals surface area contributed by atoms with Gasteiger partial charge in [-0.1, -0.05) is 71.7 Å². The molecule has 0 aliphatic heterocycles. The van der Waals surface area contributed by atoms with E-state index in [0.717, 1.165) is 27.8 Å². The zero-order chi connectivity index (χ0) is 21.8. The van der Waals surface area contributed by atoms with Crippen LogP contribution in [0.4, 0.5) is 0 Å². The van der Waals surface area contributed by atoms with E-state index in [9.17, 15) is 5.11 Å². The number of phenolic OH excluding ortho intramolecular Hbond substituents is 1. The van der Waals surface area contributed by atoms with Gasteiger partial charge in [-0.2, -0.15) is 0 Å². The molecule has 0 atom stereocenters. The van der Waals surface area contributed by atoms with Crippen LogP contribution in [0.15, 0.2) is 84.9 Å². The summed E-state index contributed by atoms with van der Waals surface area (Å²) in [5.74, 6) is 1.46. The third-order valence-electron chi connectivity index (χ3n) is 4.95. The molecule has 4 rings (SSSR count). The van der Waals surface area contributed by atoms with Crippen LogP contribution in [0, 0.1) is 0 Å². The number of phenols is 1. The quantitative estimate of drug-likeness (QED) is 0.328. The molecule has 0 bridgehead atoms. The summed E-state index contributed by atoms with van der Waals surface area (Å²) >= 11 is 13.2. The van der Waals surface area contributed by atoms with E-state index in [1.807, 2.05) is 60.7 Å². The van der Waals surface area contributed by atoms with Crippen LogP contribution in [0.1, 0.15) is 5.56 Å². The van der Waals surface area contributed by atoms with Crippen molar-refractivity contribution in [3.05, 3.63) is 101 Å². The maximum Gasteiger partial charge on any atom is 0.161 e. The first-order valence-corrected chi connectivity index (χ1v) is 10.4. The lowest BCUT2D eigenvalue weighted by Crippen LogP contribution is -1.98. The van der Waals surface area contributed by atoms with Gasteiger partial charge < -0.3 is 14.6 Å². The average molecular weight is 451 g/mol. The SMILES string of the molecule is COc1cc(-c2cc(Cl)c(-c3ccc(O)cc3)cc2Cl)ccc1OCc1ccccc1. The smallest absolute Gasteiger partial charge is 0.161 e. The van der Waals surface area contributed by atoms with Crippen molar-refractivity contribution in [3.8, 4) is 39.5 Å². The van der Waals surface area contributed by atoms with Crippen LogP contribution in [0.2, 0.25) is 10.0 Å². The van der Waals surface area contributed by atoms with Gasteiger partial charge in [0, 0.05) is 21.2 Å². The Morgan fingerprint density at radius 2 is 1.32 bits per heavy atom. The lowest BCUT2D eigenvalue weighted by molar-refractivity contribution is 0.284. The van der Waals surface area contributed by atoms with Gasteiger partial charge in [0.1, 0.15) is 12.4 Å². The van der Waals surface area contributed by atoms with Gasteiger partial charge in [-0.15, -0.1) is 0 Å². The molecule has 0 aliphatic rings. The van der Waals surface area contributed by atoms with Crippen molar-refractivity contribution in [2.75, 3.05) is 7.11 Å². The molecule has 4 aromatic carbocycles. The van der Waals surface area contributed by atoms with Gasteiger partial charge in [-0.05, 0) is 53.1 Å². The van der Waals surface area contributed by atoms with Crippen molar-refractivity contribution in [1.29, 1.82) is 0 Å². The minimum absolute atomic E-state index is 0.198. The van der Waals surface area contributed by atoms with Gasteiger partial charge in [-0.3, -0.25) is 0 Å². The lowest BCUT2D eigenvalue weighted by Gasteiger charge is -2.14. The van der Waals surface area contributed by atoms with E-state index in [2.05, 4.69) is 0 Å². The molecular weight excluding hydrogens is 431 g/mol. The molecule has 1 N–H and O–H groups in total. The van der Waals surface area contributed by atoms with Crippen LogP contribution in [0.3, 0.4) is 0 Å². The molecule has 5 heteroatoms. The molecule has 0 aromatic heterocycles. The minimum Gasteiger partial charge on any atom is -0.508 e. The van der Waals surface area contributed by atoms with Gasteiger partial charge >= 0.3 is 0 Å². The Balaban J connectivity index is 1.63. The second-order valence-electron chi connectivity index (χ2n) is 7.00. The minimum atomic E-state index is 0.198. The highest BCUT2D eigenvalue weighted by Crippen LogP contribution is 2.40. The highest BCUT2D eigenvalue weighted by atomic mass is 35.5. The number of halogens is 2. The molecule has 0 radical (unpaired) electrons. The summed E-state index contributed by atoms with van der Waals surface area (Å²) < 4.78 is 11.5. The highest BCUT2D eigenvalue weighted by molar-refractivity contribution is 6.37. The molecule has 0 fully saturated rings. The zero-order valence-corrected chi connectivity index (χ0v) is 18.3. The van der Waals surface area contributed by atoms with E-state index in [0.29, 0.717) is 28.2 Å². The Hall–Kier alpha value is -3.14. The molecule has 0 aliphatic carbocycles. The first kappa shape index (κ1) is 21.1. The van der Waals surface area contributed by atoms with E-state index >= 15 is 0 Å². The van der Waals surface area contributed by atoms with Gasteiger partial charge in [-0.25, -0.2) is 0 Å². The molecule has 4 aromatic rings. The zero-order valence-electron chi connectivity index (χ0n) is 16.8. The monoisotopic (exact) mass is 450 g/mol. The summed E-state index contributed by atoms with van der Waals surface area (Å²) in [5.41, 5.74) is 4.41. The fourth-order valence-electron chi connectivity index (χ4n) is 3.32. The summed E-state index contributed by atoms with van der Waals surface area (Å²) in [6.07, 6.45) is 0. The van der Waals surface area contributed by atoms with Gasteiger partial charge in [0.05, 0.1) is 7.11 Å². The molecule has 0 amide bonds. The Morgan fingerprint density at radius 3 is 1.97 bits per heavy atom. The van der Waals surface area contributed by atoms with Gasteiger partial charge in [0.2, 0.25) is 0 Å². The van der Waals surface area contributed by atoms with Crippen LogP contribution in [-0.4, -0.2) is 12.2 Å². The van der Waals surface area contributed by atoms with Crippen molar-refractivity contribution < 1.29 is 14.6 Å². The Morgan fingerprint density at radius 1 is 0.710 bits per heavy atom. The Bertz CT molecular complexity index is 1190. The maximum atomic E-state index is 9.51. The van der Waals surface area contributed by atoms with Crippen LogP contribution < -0.4 is 9.47 Å². The summed E-state index contributed by atoms with van der Waals surface area (Å²) in [7, 11) is 1.61. The van der Waals surface area contributed by atoms with Gasteiger partial charge in [0.15, 0.2) is 11.5 Å². The summed E-state index contributed by atoms with van der Waals surface area (Å²) in [6, 6.07) is 26.1. The summed E-state index contributed by atoms with van der Waals surface area (Å²) in [5, 5.41) is 10.6. The number of hydrogen-bond acceptors (Lipinski definition) is 3. The molecule has 0 unspecified atom stereocenters. The molecular formula is C26H20Cl2O3. The first-order valence-electron chi connectivity index (χ1n) is 9.69. The maximum absolute atomic E-state index is 9.51. The van der Waals surface area contributed by atoms with Crippen LogP contribution in [0.25, 0.3) is 22.3 Å². The van der Waals surface area contributed by atoms with E-state index < -0.39 is 0 Å². The first-order chi connectivity index (χ1) is 15.0. The molecule has 0 saturated carbocycles. The normalized spacial score (nSPS) is 10.7. The molecule has 0 saturated heterocycles. The van der Waals surface area contributed by atoms with Crippen molar-refractivity contribution >= 4 is 23.2 Å². The number of methoxy groups -OCH3 is 1. The van der Waals surface area contributed by atoms with Crippen LogP contribution in [-0.2, 0) is 6.61 Å². The number of rotatable bonds is 6. The molecule has 31 heavy (non-hydrogen) atoms. The second kappa shape index (κ2) is 9.34. The third kappa shape index (κ3) is 4.79. The molecule has 0 heterocycles. The summed E-state index contributed by atoms with van der Waals surface area (Å²) in [6.45, 7) is 0.449. The lowest BCUT2D eigenvalue weighted by atomic mass is 9.99. The van der Waals surface area contributed by atoms with Gasteiger partial charge in [0.25, 0.3) is 0 Å². The third-order valence-corrected chi connectivity index (χ3v) is 5.57. The van der Waals surface area contributed by atoms with E-state index in [1.54, 1.807) is 31.4 Å². The largest absolute Gasteiger partial charge is 0.508 e. The number of benzene rings is 4. The topological polar surface area (TPSA) is 38.7 Å². The highest BCUT2D eigenvalue weighted by Gasteiger charge is 2.14. The van der Waals surface area contributed by atoms with Crippen molar-refractivity contribution in [2.24, 2.45) is 0 Å².